The number of rotatable bonds is 4. The van der Waals surface area contributed by atoms with Crippen LogP contribution in [0.3, 0.4) is 0 Å². The van der Waals surface area contributed by atoms with Crippen molar-refractivity contribution in [3.05, 3.63) is 23.8 Å². The van der Waals surface area contributed by atoms with Gasteiger partial charge < -0.3 is 24.6 Å². The van der Waals surface area contributed by atoms with Gasteiger partial charge in [0.15, 0.2) is 11.5 Å². The molecule has 7 heteroatoms. The third kappa shape index (κ3) is 2.41. The van der Waals surface area contributed by atoms with Gasteiger partial charge in [-0.3, -0.25) is 9.59 Å². The summed E-state index contributed by atoms with van der Waals surface area (Å²) in [5, 5.41) is 12.2. The Bertz CT molecular complexity index is 660. The lowest BCUT2D eigenvalue weighted by Crippen LogP contribution is -2.43. The quantitative estimate of drug-likeness (QED) is 0.857. The molecule has 3 heterocycles. The van der Waals surface area contributed by atoms with Gasteiger partial charge in [-0.05, 0) is 30.5 Å². The van der Waals surface area contributed by atoms with Crippen LogP contribution in [0.1, 0.15) is 18.4 Å². The molecule has 1 aromatic rings. The van der Waals surface area contributed by atoms with Crippen LogP contribution in [-0.2, 0) is 20.9 Å². The van der Waals surface area contributed by atoms with E-state index in [0.717, 1.165) is 12.0 Å². The fourth-order valence-electron chi connectivity index (χ4n) is 3.68. The Labute approximate surface area is 132 Å². The molecule has 0 saturated carbocycles. The number of ether oxygens (including phenoxy) is 3. The molecule has 0 spiro atoms. The summed E-state index contributed by atoms with van der Waals surface area (Å²) in [5.74, 6) is -1.23. The summed E-state index contributed by atoms with van der Waals surface area (Å²) in [6, 6.07) is 5.46. The van der Waals surface area contributed by atoms with Crippen LogP contribution < -0.4 is 14.8 Å². The first kappa shape index (κ1) is 14.3. The highest BCUT2D eigenvalue weighted by molar-refractivity contribution is 5.86. The van der Waals surface area contributed by atoms with Gasteiger partial charge in [-0.2, -0.15) is 0 Å². The van der Waals surface area contributed by atoms with E-state index in [9.17, 15) is 14.7 Å². The number of carboxylic acid groups (broad SMARTS) is 1. The molecule has 0 radical (unpaired) electrons. The zero-order valence-corrected chi connectivity index (χ0v) is 12.4. The van der Waals surface area contributed by atoms with Gasteiger partial charge in [0.2, 0.25) is 12.7 Å². The number of hydrogen-bond acceptors (Lipinski definition) is 5. The second-order valence-corrected chi connectivity index (χ2v) is 6.09. The number of nitrogens with one attached hydrogen (secondary N) is 1. The van der Waals surface area contributed by atoms with Crippen LogP contribution in [-0.4, -0.2) is 36.0 Å². The summed E-state index contributed by atoms with van der Waals surface area (Å²) in [7, 11) is 0. The molecule has 1 aromatic carbocycles. The average Bonchev–Trinajstić information content (AvgIpc) is 3.25. The fraction of sp³-hybridized carbons (Fsp3) is 0.500. The van der Waals surface area contributed by atoms with Gasteiger partial charge in [0, 0.05) is 6.54 Å². The topological polar surface area (TPSA) is 94.1 Å². The Morgan fingerprint density at radius 2 is 1.87 bits per heavy atom. The first-order valence-corrected chi connectivity index (χ1v) is 7.68. The molecule has 0 aromatic heterocycles. The Morgan fingerprint density at radius 1 is 1.13 bits per heavy atom. The lowest BCUT2D eigenvalue weighted by molar-refractivity contribution is -0.147. The van der Waals surface area contributed by atoms with Crippen molar-refractivity contribution in [1.82, 2.24) is 5.32 Å². The van der Waals surface area contributed by atoms with Crippen LogP contribution in [0.15, 0.2) is 18.2 Å². The Hall–Kier alpha value is -2.28. The number of fused-ring (bicyclic) bond motifs is 3. The average molecular weight is 319 g/mol. The number of aliphatic carboxylic acids is 1. The van der Waals surface area contributed by atoms with Crippen molar-refractivity contribution in [2.24, 2.45) is 11.8 Å². The molecular weight excluding hydrogens is 302 g/mol. The molecule has 2 fully saturated rings. The van der Waals surface area contributed by atoms with Crippen LogP contribution in [0.25, 0.3) is 0 Å². The minimum absolute atomic E-state index is 0.202. The SMILES string of the molecule is O=C(NCc1ccc2c(c1)OCO2)[C@@H]1[C@@H](C(=O)O)[C@H]2CC[C@@H]1O2. The summed E-state index contributed by atoms with van der Waals surface area (Å²) in [6.45, 7) is 0.517. The standard InChI is InChI=1S/C16H17NO6/c18-15(13-10-3-4-11(23-10)14(13)16(19)20)17-6-8-1-2-9-12(5-8)22-7-21-9/h1-2,5,10-11,13-14H,3-4,6-7H2,(H,17,18)(H,19,20)/t10-,11+,13-,14-/m0/s1. The third-order valence-corrected chi connectivity index (χ3v) is 4.76. The summed E-state index contributed by atoms with van der Waals surface area (Å²) < 4.78 is 16.2. The molecule has 0 unspecified atom stereocenters. The van der Waals surface area contributed by atoms with Crippen molar-refractivity contribution in [3.63, 3.8) is 0 Å². The van der Waals surface area contributed by atoms with Crippen LogP contribution in [0.5, 0.6) is 11.5 Å². The molecule has 122 valence electrons. The lowest BCUT2D eigenvalue weighted by Gasteiger charge is -2.23. The van der Waals surface area contributed by atoms with E-state index in [0.29, 0.717) is 24.5 Å². The number of hydrogen-bond donors (Lipinski definition) is 2. The molecule has 1 amide bonds. The highest BCUT2D eigenvalue weighted by Crippen LogP contribution is 2.43. The van der Waals surface area contributed by atoms with E-state index in [-0.39, 0.29) is 24.9 Å². The monoisotopic (exact) mass is 319 g/mol. The predicted molar refractivity (Wildman–Crippen MR) is 76.9 cm³/mol. The normalized spacial score (nSPS) is 30.4. The number of carbonyl (C=O) groups excluding carboxylic acids is 1. The van der Waals surface area contributed by atoms with Gasteiger partial charge in [0.25, 0.3) is 0 Å². The minimum Gasteiger partial charge on any atom is -0.481 e. The molecular formula is C16H17NO6. The zero-order chi connectivity index (χ0) is 16.0. The molecule has 2 saturated heterocycles. The van der Waals surface area contributed by atoms with E-state index in [1.54, 1.807) is 6.07 Å². The van der Waals surface area contributed by atoms with Gasteiger partial charge in [-0.15, -0.1) is 0 Å². The lowest BCUT2D eigenvalue weighted by atomic mass is 9.78. The molecule has 2 N–H and O–H groups in total. The van der Waals surface area contributed by atoms with Crippen LogP contribution >= 0.6 is 0 Å². The van der Waals surface area contributed by atoms with E-state index in [1.807, 2.05) is 12.1 Å². The highest BCUT2D eigenvalue weighted by Gasteiger charge is 2.55. The van der Waals surface area contributed by atoms with E-state index in [1.165, 1.54) is 0 Å². The van der Waals surface area contributed by atoms with Crippen LogP contribution in [0.4, 0.5) is 0 Å². The second-order valence-electron chi connectivity index (χ2n) is 6.09. The van der Waals surface area contributed by atoms with Gasteiger partial charge in [-0.1, -0.05) is 6.07 Å². The maximum atomic E-state index is 12.4. The molecule has 23 heavy (non-hydrogen) atoms. The van der Waals surface area contributed by atoms with Gasteiger partial charge in [0.05, 0.1) is 24.0 Å². The summed E-state index contributed by atoms with van der Waals surface area (Å²) in [6.07, 6.45) is 0.848. The fourth-order valence-corrected chi connectivity index (χ4v) is 3.68. The van der Waals surface area contributed by atoms with Crippen molar-refractivity contribution in [2.75, 3.05) is 6.79 Å². The summed E-state index contributed by atoms with van der Waals surface area (Å²) >= 11 is 0. The van der Waals surface area contributed by atoms with Crippen molar-refractivity contribution in [2.45, 2.75) is 31.6 Å². The van der Waals surface area contributed by atoms with Gasteiger partial charge >= 0.3 is 5.97 Å². The maximum Gasteiger partial charge on any atom is 0.310 e. The molecule has 3 aliphatic heterocycles. The number of carbonyl (C=O) groups is 2. The second kappa shape index (κ2) is 5.42. The molecule has 2 bridgehead atoms. The summed E-state index contributed by atoms with van der Waals surface area (Å²) in [4.78, 5) is 23.9. The van der Waals surface area contributed by atoms with Crippen molar-refractivity contribution >= 4 is 11.9 Å². The smallest absolute Gasteiger partial charge is 0.310 e. The van der Waals surface area contributed by atoms with Crippen molar-refractivity contribution in [1.29, 1.82) is 0 Å². The molecule has 4 atom stereocenters. The largest absolute Gasteiger partial charge is 0.481 e. The minimum atomic E-state index is -0.958. The van der Waals surface area contributed by atoms with Gasteiger partial charge in [-0.25, -0.2) is 0 Å². The number of carboxylic acids is 1. The molecule has 7 nitrogen and oxygen atoms in total. The van der Waals surface area contributed by atoms with E-state index < -0.39 is 17.8 Å². The van der Waals surface area contributed by atoms with Crippen LogP contribution in [0, 0.1) is 11.8 Å². The third-order valence-electron chi connectivity index (χ3n) is 4.76. The first-order valence-electron chi connectivity index (χ1n) is 7.68. The van der Waals surface area contributed by atoms with Crippen LogP contribution in [0.2, 0.25) is 0 Å². The Morgan fingerprint density at radius 3 is 2.65 bits per heavy atom. The summed E-state index contributed by atoms with van der Waals surface area (Å²) in [5.41, 5.74) is 0.874. The number of benzene rings is 1. The number of amides is 1. The van der Waals surface area contributed by atoms with E-state index in [2.05, 4.69) is 5.32 Å². The molecule has 3 aliphatic rings. The van der Waals surface area contributed by atoms with E-state index in [4.69, 9.17) is 14.2 Å². The van der Waals surface area contributed by atoms with Crippen molar-refractivity contribution in [3.8, 4) is 11.5 Å². The van der Waals surface area contributed by atoms with Gasteiger partial charge in [0.1, 0.15) is 0 Å². The van der Waals surface area contributed by atoms with E-state index >= 15 is 0 Å². The highest BCUT2D eigenvalue weighted by atomic mass is 16.7. The predicted octanol–water partition coefficient (Wildman–Crippen LogP) is 0.910. The zero-order valence-electron chi connectivity index (χ0n) is 12.4. The first-order chi connectivity index (χ1) is 11.1. The maximum absolute atomic E-state index is 12.4. The van der Waals surface area contributed by atoms with Crippen molar-refractivity contribution < 1.29 is 28.9 Å². The Balaban J connectivity index is 1.43. The molecule has 4 rings (SSSR count). The Kier molecular flexibility index (Phi) is 3.37. The molecule has 0 aliphatic carbocycles.